The molecule has 22 heavy (non-hydrogen) atoms. The summed E-state index contributed by atoms with van der Waals surface area (Å²) in [6, 6.07) is 0. The summed E-state index contributed by atoms with van der Waals surface area (Å²) in [7, 11) is 1.85. The third-order valence-corrected chi connectivity index (χ3v) is 4.64. The van der Waals surface area contributed by atoms with Gasteiger partial charge in [0.1, 0.15) is 0 Å². The third-order valence-electron chi connectivity index (χ3n) is 4.64. The monoisotopic (exact) mass is 307 g/mol. The number of nitrogens with one attached hydrogen (secondary N) is 1. The minimum Gasteiger partial charge on any atom is -0.356 e. The molecule has 1 aromatic heterocycles. The zero-order chi connectivity index (χ0) is 15.9. The fraction of sp³-hybridized carbons (Fsp3) is 0.812. The SMILES string of the molecule is CCC(CC)C1CCN(C(=NC)NCCc2nc(C)no2)C1. The first kappa shape index (κ1) is 16.8. The minimum absolute atomic E-state index is 0.678. The maximum atomic E-state index is 5.13. The Morgan fingerprint density at radius 3 is 2.82 bits per heavy atom. The number of rotatable bonds is 6. The molecule has 0 amide bonds. The van der Waals surface area contributed by atoms with E-state index in [1.807, 2.05) is 14.0 Å². The highest BCUT2D eigenvalue weighted by atomic mass is 16.5. The summed E-state index contributed by atoms with van der Waals surface area (Å²) in [5.74, 6) is 3.99. The molecule has 0 spiro atoms. The molecule has 124 valence electrons. The Bertz CT molecular complexity index is 481. The molecule has 0 radical (unpaired) electrons. The lowest BCUT2D eigenvalue weighted by atomic mass is 9.87. The van der Waals surface area contributed by atoms with Crippen LogP contribution in [0.3, 0.4) is 0 Å². The Balaban J connectivity index is 1.80. The molecule has 0 aliphatic carbocycles. The van der Waals surface area contributed by atoms with Gasteiger partial charge in [-0.15, -0.1) is 0 Å². The molecule has 1 fully saturated rings. The van der Waals surface area contributed by atoms with E-state index in [1.54, 1.807) is 0 Å². The van der Waals surface area contributed by atoms with Crippen LogP contribution in [0.15, 0.2) is 9.52 Å². The second-order valence-corrected chi connectivity index (χ2v) is 6.03. The van der Waals surface area contributed by atoms with Gasteiger partial charge in [0.15, 0.2) is 11.8 Å². The van der Waals surface area contributed by atoms with Crippen LogP contribution < -0.4 is 5.32 Å². The summed E-state index contributed by atoms with van der Waals surface area (Å²) in [4.78, 5) is 11.0. The van der Waals surface area contributed by atoms with Crippen molar-refractivity contribution in [2.45, 2.75) is 46.5 Å². The van der Waals surface area contributed by atoms with Crippen molar-refractivity contribution in [1.82, 2.24) is 20.4 Å². The van der Waals surface area contributed by atoms with Crippen molar-refractivity contribution in [1.29, 1.82) is 0 Å². The predicted molar refractivity (Wildman–Crippen MR) is 87.9 cm³/mol. The van der Waals surface area contributed by atoms with Crippen molar-refractivity contribution in [3.05, 3.63) is 11.7 Å². The molecule has 1 aromatic rings. The molecule has 1 aliphatic heterocycles. The Morgan fingerprint density at radius 1 is 1.45 bits per heavy atom. The first-order chi connectivity index (χ1) is 10.7. The number of hydrogen-bond acceptors (Lipinski definition) is 4. The molecule has 1 unspecified atom stereocenters. The Hall–Kier alpha value is -1.59. The molecule has 0 bridgehead atoms. The Morgan fingerprint density at radius 2 is 2.23 bits per heavy atom. The molecule has 1 atom stereocenters. The van der Waals surface area contributed by atoms with Gasteiger partial charge >= 0.3 is 0 Å². The van der Waals surface area contributed by atoms with Gasteiger partial charge in [-0.25, -0.2) is 0 Å². The number of hydrogen-bond donors (Lipinski definition) is 1. The first-order valence-corrected chi connectivity index (χ1v) is 8.42. The van der Waals surface area contributed by atoms with E-state index in [2.05, 4.69) is 39.2 Å². The van der Waals surface area contributed by atoms with Gasteiger partial charge in [-0.2, -0.15) is 4.98 Å². The largest absolute Gasteiger partial charge is 0.356 e. The average Bonchev–Trinajstić information content (AvgIpc) is 3.15. The van der Waals surface area contributed by atoms with Gasteiger partial charge in [0.25, 0.3) is 0 Å². The van der Waals surface area contributed by atoms with Crippen LogP contribution in [0.4, 0.5) is 0 Å². The molecule has 2 heterocycles. The van der Waals surface area contributed by atoms with Gasteiger partial charge in [0.05, 0.1) is 0 Å². The quantitative estimate of drug-likeness (QED) is 0.645. The van der Waals surface area contributed by atoms with Gasteiger partial charge in [0.2, 0.25) is 5.89 Å². The molecule has 0 saturated carbocycles. The molecule has 1 aliphatic rings. The first-order valence-electron chi connectivity index (χ1n) is 8.42. The summed E-state index contributed by atoms with van der Waals surface area (Å²) in [6.45, 7) is 9.42. The summed E-state index contributed by atoms with van der Waals surface area (Å²) in [5.41, 5.74) is 0. The van der Waals surface area contributed by atoms with Crippen LogP contribution in [-0.4, -0.2) is 47.7 Å². The standard InChI is InChI=1S/C16H29N5O/c1-5-13(6-2)14-8-10-21(11-14)16(17-4)18-9-7-15-19-12(3)20-22-15/h13-14H,5-11H2,1-4H3,(H,17,18). The van der Waals surface area contributed by atoms with Crippen molar-refractivity contribution in [2.24, 2.45) is 16.8 Å². The zero-order valence-electron chi connectivity index (χ0n) is 14.3. The van der Waals surface area contributed by atoms with Crippen molar-refractivity contribution in [3.63, 3.8) is 0 Å². The highest BCUT2D eigenvalue weighted by Gasteiger charge is 2.29. The Kier molecular flexibility index (Phi) is 6.21. The minimum atomic E-state index is 0.678. The Labute approximate surface area is 133 Å². The maximum Gasteiger partial charge on any atom is 0.228 e. The van der Waals surface area contributed by atoms with Crippen molar-refractivity contribution in [3.8, 4) is 0 Å². The van der Waals surface area contributed by atoms with Crippen LogP contribution in [0.5, 0.6) is 0 Å². The number of likely N-dealkylation sites (tertiary alicyclic amines) is 1. The molecule has 1 saturated heterocycles. The maximum absolute atomic E-state index is 5.13. The molecule has 6 heteroatoms. The number of aryl methyl sites for hydroxylation is 1. The van der Waals surface area contributed by atoms with E-state index in [-0.39, 0.29) is 0 Å². The fourth-order valence-corrected chi connectivity index (χ4v) is 3.37. The van der Waals surface area contributed by atoms with E-state index in [0.29, 0.717) is 11.7 Å². The van der Waals surface area contributed by atoms with Gasteiger partial charge in [0, 0.05) is 33.1 Å². The second kappa shape index (κ2) is 8.15. The van der Waals surface area contributed by atoms with Crippen LogP contribution in [-0.2, 0) is 6.42 Å². The van der Waals surface area contributed by atoms with E-state index in [0.717, 1.165) is 43.9 Å². The molecular formula is C16H29N5O. The van der Waals surface area contributed by atoms with E-state index in [9.17, 15) is 0 Å². The molecule has 2 rings (SSSR count). The molecule has 6 nitrogen and oxygen atoms in total. The highest BCUT2D eigenvalue weighted by molar-refractivity contribution is 5.80. The summed E-state index contributed by atoms with van der Waals surface area (Å²) in [6.07, 6.45) is 4.55. The summed E-state index contributed by atoms with van der Waals surface area (Å²) < 4.78 is 5.13. The van der Waals surface area contributed by atoms with Crippen molar-refractivity contribution in [2.75, 3.05) is 26.7 Å². The number of aliphatic imine (C=N–C) groups is 1. The van der Waals surface area contributed by atoms with E-state index < -0.39 is 0 Å². The van der Waals surface area contributed by atoms with Crippen LogP contribution in [0.1, 0.15) is 44.8 Å². The highest BCUT2D eigenvalue weighted by Crippen LogP contribution is 2.28. The van der Waals surface area contributed by atoms with Crippen molar-refractivity contribution < 1.29 is 4.52 Å². The normalized spacial score (nSPS) is 19.2. The van der Waals surface area contributed by atoms with Gasteiger partial charge in [-0.05, 0) is 25.2 Å². The van der Waals surface area contributed by atoms with Crippen LogP contribution >= 0.6 is 0 Å². The molecule has 0 aromatic carbocycles. The summed E-state index contributed by atoms with van der Waals surface area (Å²) >= 11 is 0. The average molecular weight is 307 g/mol. The predicted octanol–water partition coefficient (Wildman–Crippen LogP) is 2.25. The number of aromatic nitrogens is 2. The lowest BCUT2D eigenvalue weighted by Gasteiger charge is -2.24. The van der Waals surface area contributed by atoms with Gasteiger partial charge in [-0.3, -0.25) is 4.99 Å². The van der Waals surface area contributed by atoms with E-state index in [1.165, 1.54) is 19.3 Å². The van der Waals surface area contributed by atoms with Crippen LogP contribution in [0.2, 0.25) is 0 Å². The number of guanidine groups is 1. The molecular weight excluding hydrogens is 278 g/mol. The lowest BCUT2D eigenvalue weighted by Crippen LogP contribution is -2.41. The van der Waals surface area contributed by atoms with Gasteiger partial charge < -0.3 is 14.7 Å². The fourth-order valence-electron chi connectivity index (χ4n) is 3.37. The summed E-state index contributed by atoms with van der Waals surface area (Å²) in [5, 5.41) is 7.22. The number of nitrogens with zero attached hydrogens (tertiary/aromatic N) is 4. The van der Waals surface area contributed by atoms with Crippen LogP contribution in [0, 0.1) is 18.8 Å². The second-order valence-electron chi connectivity index (χ2n) is 6.03. The topological polar surface area (TPSA) is 66.5 Å². The third kappa shape index (κ3) is 4.21. The smallest absolute Gasteiger partial charge is 0.228 e. The molecule has 1 N–H and O–H groups in total. The van der Waals surface area contributed by atoms with Crippen molar-refractivity contribution >= 4 is 5.96 Å². The van der Waals surface area contributed by atoms with E-state index in [4.69, 9.17) is 4.52 Å². The van der Waals surface area contributed by atoms with Crippen LogP contribution in [0.25, 0.3) is 0 Å². The van der Waals surface area contributed by atoms with Gasteiger partial charge in [-0.1, -0.05) is 31.8 Å². The zero-order valence-corrected chi connectivity index (χ0v) is 14.3. The van der Waals surface area contributed by atoms with E-state index >= 15 is 0 Å². The lowest BCUT2D eigenvalue weighted by molar-refractivity contribution is 0.319.